The molecule has 1 aliphatic heterocycles. The molecule has 1 aromatic carbocycles. The minimum atomic E-state index is -0.882. The zero-order chi connectivity index (χ0) is 16.5. The smallest absolute Gasteiger partial charge is 0.188 e. The first-order chi connectivity index (χ1) is 11.2. The van der Waals surface area contributed by atoms with Gasteiger partial charge in [0, 0.05) is 34.9 Å². The van der Waals surface area contributed by atoms with E-state index >= 15 is 0 Å². The summed E-state index contributed by atoms with van der Waals surface area (Å²) in [6.45, 7) is 5.77. The molecule has 0 amide bonds. The van der Waals surface area contributed by atoms with Gasteiger partial charge in [-0.15, -0.1) is 0 Å². The second kappa shape index (κ2) is 9.67. The summed E-state index contributed by atoms with van der Waals surface area (Å²) < 4.78 is 12.0. The monoisotopic (exact) mass is 336 g/mol. The summed E-state index contributed by atoms with van der Waals surface area (Å²) in [4.78, 5) is 6.88. The minimum absolute atomic E-state index is 0.463. The second-order valence-corrected chi connectivity index (χ2v) is 7.43. The van der Waals surface area contributed by atoms with E-state index in [1.165, 1.54) is 19.4 Å². The number of benzene rings is 1. The largest absolute Gasteiger partial charge is 0.370 e. The Kier molecular flexibility index (Phi) is 7.55. The average Bonchev–Trinajstić information content (AvgIpc) is 3.01. The van der Waals surface area contributed by atoms with Crippen molar-refractivity contribution >= 4 is 16.8 Å². The van der Waals surface area contributed by atoms with E-state index in [1.54, 1.807) is 0 Å². The van der Waals surface area contributed by atoms with Crippen LogP contribution in [0.15, 0.2) is 35.3 Å². The highest BCUT2D eigenvalue weighted by molar-refractivity contribution is 7.84. The van der Waals surface area contributed by atoms with Crippen molar-refractivity contribution < 1.29 is 4.21 Å². The van der Waals surface area contributed by atoms with Crippen LogP contribution in [-0.4, -0.2) is 53.0 Å². The van der Waals surface area contributed by atoms with E-state index in [1.807, 2.05) is 30.3 Å². The van der Waals surface area contributed by atoms with Crippen LogP contribution in [0.25, 0.3) is 0 Å². The molecule has 0 radical (unpaired) electrons. The van der Waals surface area contributed by atoms with Gasteiger partial charge in [0.05, 0.1) is 6.54 Å². The maximum Gasteiger partial charge on any atom is 0.188 e. The molecule has 2 rings (SSSR count). The molecule has 128 valence electrons. The highest BCUT2D eigenvalue weighted by Crippen LogP contribution is 2.16. The Morgan fingerprint density at radius 3 is 2.96 bits per heavy atom. The number of likely N-dealkylation sites (tertiary alicyclic amines) is 1. The van der Waals surface area contributed by atoms with Crippen molar-refractivity contribution in [2.75, 3.05) is 31.9 Å². The lowest BCUT2D eigenvalue weighted by atomic mass is 10.2. The maximum atomic E-state index is 12.0. The number of nitrogens with one attached hydrogen (secondary N) is 1. The van der Waals surface area contributed by atoms with Gasteiger partial charge in [0.15, 0.2) is 5.96 Å². The van der Waals surface area contributed by atoms with Gasteiger partial charge in [0.1, 0.15) is 0 Å². The van der Waals surface area contributed by atoms with Crippen molar-refractivity contribution in [2.45, 2.75) is 31.6 Å². The van der Waals surface area contributed by atoms with E-state index < -0.39 is 10.8 Å². The predicted molar refractivity (Wildman–Crippen MR) is 97.9 cm³/mol. The first-order valence-electron chi connectivity index (χ1n) is 8.35. The van der Waals surface area contributed by atoms with E-state index in [4.69, 9.17) is 5.73 Å². The van der Waals surface area contributed by atoms with Crippen LogP contribution in [0.2, 0.25) is 0 Å². The molecule has 6 heteroatoms. The molecule has 23 heavy (non-hydrogen) atoms. The van der Waals surface area contributed by atoms with E-state index in [-0.39, 0.29) is 0 Å². The van der Waals surface area contributed by atoms with Gasteiger partial charge in [0.2, 0.25) is 0 Å². The Balaban J connectivity index is 1.65. The van der Waals surface area contributed by atoms with Crippen LogP contribution in [0.1, 0.15) is 25.3 Å². The van der Waals surface area contributed by atoms with Crippen LogP contribution in [-0.2, 0) is 16.6 Å². The predicted octanol–water partition coefficient (Wildman–Crippen LogP) is 1.32. The van der Waals surface area contributed by atoms with Crippen molar-refractivity contribution in [1.82, 2.24) is 10.2 Å². The molecule has 0 spiro atoms. The van der Waals surface area contributed by atoms with E-state index in [0.717, 1.165) is 18.7 Å². The molecular formula is C17H28N4OS. The summed E-state index contributed by atoms with van der Waals surface area (Å²) in [5.74, 6) is 1.63. The molecule has 0 saturated carbocycles. The summed E-state index contributed by atoms with van der Waals surface area (Å²) >= 11 is 0. The van der Waals surface area contributed by atoms with Gasteiger partial charge in [0.25, 0.3) is 0 Å². The minimum Gasteiger partial charge on any atom is -0.370 e. The third kappa shape index (κ3) is 6.31. The van der Waals surface area contributed by atoms with Crippen LogP contribution >= 0.6 is 0 Å². The third-order valence-corrected chi connectivity index (χ3v) is 5.50. The number of likely N-dealkylation sites (N-methyl/N-ethyl adjacent to an activating group) is 1. The fourth-order valence-electron chi connectivity index (χ4n) is 2.90. The summed E-state index contributed by atoms with van der Waals surface area (Å²) in [6.07, 6.45) is 2.45. The number of nitrogens with zero attached hydrogens (tertiary/aromatic N) is 2. The van der Waals surface area contributed by atoms with Gasteiger partial charge >= 0.3 is 0 Å². The molecular weight excluding hydrogens is 308 g/mol. The van der Waals surface area contributed by atoms with Crippen molar-refractivity contribution in [3.63, 3.8) is 0 Å². The molecule has 1 fully saturated rings. The molecule has 2 unspecified atom stereocenters. The molecule has 2 atom stereocenters. The first-order valence-corrected chi connectivity index (χ1v) is 9.84. The summed E-state index contributed by atoms with van der Waals surface area (Å²) in [5, 5.41) is 3.07. The van der Waals surface area contributed by atoms with Crippen LogP contribution in [0, 0.1) is 0 Å². The van der Waals surface area contributed by atoms with Crippen LogP contribution in [0.5, 0.6) is 0 Å². The summed E-state index contributed by atoms with van der Waals surface area (Å²) in [5.41, 5.74) is 7.00. The maximum absolute atomic E-state index is 12.0. The fourth-order valence-corrected chi connectivity index (χ4v) is 3.94. The Bertz CT molecular complexity index is 521. The molecule has 1 saturated heterocycles. The third-order valence-electron chi connectivity index (χ3n) is 4.18. The number of nitrogens with two attached hydrogens (primary N) is 1. The molecule has 1 aromatic rings. The number of guanidine groups is 1. The molecule has 0 aliphatic carbocycles. The summed E-state index contributed by atoms with van der Waals surface area (Å²) in [6, 6.07) is 10.4. The average molecular weight is 337 g/mol. The van der Waals surface area contributed by atoms with E-state index in [2.05, 4.69) is 22.1 Å². The molecule has 5 nitrogen and oxygen atoms in total. The Labute approximate surface area is 141 Å². The zero-order valence-corrected chi connectivity index (χ0v) is 14.7. The normalized spacial score (nSPS) is 20.6. The summed E-state index contributed by atoms with van der Waals surface area (Å²) in [7, 11) is -0.882. The van der Waals surface area contributed by atoms with Gasteiger partial charge in [-0.05, 0) is 31.5 Å². The molecule has 0 bridgehead atoms. The molecule has 3 N–H and O–H groups in total. The lowest BCUT2D eigenvalue weighted by Gasteiger charge is -2.20. The van der Waals surface area contributed by atoms with Gasteiger partial charge in [-0.2, -0.15) is 0 Å². The van der Waals surface area contributed by atoms with Crippen LogP contribution in [0.4, 0.5) is 0 Å². The standard InChI is InChI=1S/C17H28N4OS/c1-2-21-11-6-9-16(21)13-20-17(18)19-10-12-23(22)14-15-7-4-3-5-8-15/h3-5,7-8,16H,2,6,9-14H2,1H3,(H3,18,19,20). The van der Waals surface area contributed by atoms with Crippen molar-refractivity contribution in [2.24, 2.45) is 10.7 Å². The first kappa shape index (κ1) is 17.9. The number of hydrogen-bond donors (Lipinski definition) is 2. The van der Waals surface area contributed by atoms with Crippen LogP contribution < -0.4 is 11.1 Å². The fraction of sp³-hybridized carbons (Fsp3) is 0.588. The van der Waals surface area contributed by atoms with E-state index in [0.29, 0.717) is 30.1 Å². The lowest BCUT2D eigenvalue weighted by Crippen LogP contribution is -2.37. The van der Waals surface area contributed by atoms with Gasteiger partial charge in [-0.3, -0.25) is 14.1 Å². The number of rotatable bonds is 8. The Morgan fingerprint density at radius 2 is 2.22 bits per heavy atom. The van der Waals surface area contributed by atoms with Gasteiger partial charge in [-0.1, -0.05) is 37.3 Å². The van der Waals surface area contributed by atoms with E-state index in [9.17, 15) is 4.21 Å². The topological polar surface area (TPSA) is 70.7 Å². The zero-order valence-electron chi connectivity index (χ0n) is 13.9. The Hall–Kier alpha value is -1.40. The lowest BCUT2D eigenvalue weighted by molar-refractivity contribution is 0.273. The SMILES string of the molecule is CCN1CCCC1CN=C(N)NCCS(=O)Cc1ccccc1. The van der Waals surface area contributed by atoms with Crippen molar-refractivity contribution in [3.8, 4) is 0 Å². The number of hydrogen-bond acceptors (Lipinski definition) is 3. The molecule has 1 heterocycles. The molecule has 1 aliphatic rings. The highest BCUT2D eigenvalue weighted by Gasteiger charge is 2.22. The van der Waals surface area contributed by atoms with Crippen molar-refractivity contribution in [1.29, 1.82) is 0 Å². The van der Waals surface area contributed by atoms with Gasteiger partial charge in [-0.25, -0.2) is 0 Å². The molecule has 0 aromatic heterocycles. The van der Waals surface area contributed by atoms with Crippen LogP contribution in [0.3, 0.4) is 0 Å². The van der Waals surface area contributed by atoms with Gasteiger partial charge < -0.3 is 11.1 Å². The highest BCUT2D eigenvalue weighted by atomic mass is 32.2. The Morgan fingerprint density at radius 1 is 1.43 bits per heavy atom. The second-order valence-electron chi connectivity index (χ2n) is 5.85. The van der Waals surface area contributed by atoms with Crippen molar-refractivity contribution in [3.05, 3.63) is 35.9 Å². The number of aliphatic imine (C=N–C) groups is 1. The quantitative estimate of drug-likeness (QED) is 0.555.